The fourth-order valence-corrected chi connectivity index (χ4v) is 10.8. The van der Waals surface area contributed by atoms with Crippen molar-refractivity contribution in [3.8, 4) is 62.1 Å². The summed E-state index contributed by atoms with van der Waals surface area (Å²) >= 11 is 7.26. The lowest BCUT2D eigenvalue weighted by molar-refractivity contribution is -0.984. The van der Waals surface area contributed by atoms with Crippen molar-refractivity contribution < 1.29 is 19.1 Å². The lowest BCUT2D eigenvalue weighted by Gasteiger charge is -2.58. The normalized spacial score (nSPS) is 19.6. The molecule has 3 fully saturated rings. The van der Waals surface area contributed by atoms with Crippen LogP contribution in [0.4, 0.5) is 0 Å². The van der Waals surface area contributed by atoms with Crippen molar-refractivity contribution in [2.24, 2.45) is 11.8 Å². The molecule has 2 aromatic heterocycles. The molecule has 0 amide bonds. The van der Waals surface area contributed by atoms with E-state index in [4.69, 9.17) is 36.0 Å². The number of aromatic nitrogens is 3. The predicted molar refractivity (Wildman–Crippen MR) is 264 cm³/mol. The van der Waals surface area contributed by atoms with Gasteiger partial charge in [-0.05, 0) is 67.6 Å². The summed E-state index contributed by atoms with van der Waals surface area (Å²) in [5, 5.41) is 14.3. The molecule has 0 radical (unpaired) electrons. The molecule has 4 unspecified atom stereocenters. The van der Waals surface area contributed by atoms with E-state index in [1.54, 1.807) is 12.1 Å². The van der Waals surface area contributed by atoms with E-state index in [1.165, 1.54) is 5.56 Å². The molecule has 66 heavy (non-hydrogen) atoms. The standard InChI is InChI=1S/C58H53ClN4O3/c1-5-39-37-63(36-38-32-47(40-18-10-6-11-19-40)53(66-58(2,3)4)48(33-38)41-20-12-7-13-21-41)31-29-44(39)34-51(63)54(46-28-30-60-50-27-26-45(64)35-49(46)50)65-57-52(42-22-14-8-15-23-42)55(59)61-56(62-57)43-24-16-9-17-25-43/h5-28,30,32-33,35,39,44,51,54H,1,29,31,34,36-37H2,2-4H3/t39?,44?,51?,54-,63?/m1/s1. The fourth-order valence-electron chi connectivity index (χ4n) is 10.5. The summed E-state index contributed by atoms with van der Waals surface area (Å²) in [5.41, 5.74) is 8.95. The summed E-state index contributed by atoms with van der Waals surface area (Å²) in [4.78, 5) is 14.8. The molecule has 3 aliphatic heterocycles. The zero-order chi connectivity index (χ0) is 45.4. The minimum Gasteiger partial charge on any atom is -0.872 e. The summed E-state index contributed by atoms with van der Waals surface area (Å²) in [5.74, 6) is 2.33. The Bertz CT molecular complexity index is 2960. The zero-order valence-electron chi connectivity index (χ0n) is 37.6. The van der Waals surface area contributed by atoms with Crippen LogP contribution in [-0.4, -0.2) is 44.2 Å². The smallest absolute Gasteiger partial charge is 0.227 e. The molecule has 7 nitrogen and oxygen atoms in total. The van der Waals surface area contributed by atoms with Gasteiger partial charge in [-0.25, -0.2) is 4.98 Å². The van der Waals surface area contributed by atoms with Gasteiger partial charge in [-0.15, -0.1) is 12.3 Å². The number of pyridine rings is 1. The first kappa shape index (κ1) is 43.1. The van der Waals surface area contributed by atoms with Gasteiger partial charge >= 0.3 is 0 Å². The van der Waals surface area contributed by atoms with Gasteiger partial charge in [0.15, 0.2) is 11.9 Å². The highest BCUT2D eigenvalue weighted by Gasteiger charge is 2.55. The third-order valence-electron chi connectivity index (χ3n) is 13.5. The second-order valence-corrected chi connectivity index (χ2v) is 19.2. The molecular formula is C58H53ClN4O3. The van der Waals surface area contributed by atoms with Crippen LogP contribution >= 0.6 is 11.6 Å². The Morgan fingerprint density at radius 3 is 1.98 bits per heavy atom. The minimum absolute atomic E-state index is 0.0794. The Morgan fingerprint density at radius 2 is 1.38 bits per heavy atom. The molecule has 8 heteroatoms. The van der Waals surface area contributed by atoms with Crippen molar-refractivity contribution in [2.75, 3.05) is 13.1 Å². The largest absolute Gasteiger partial charge is 0.872 e. The second-order valence-electron chi connectivity index (χ2n) is 18.9. The molecule has 11 rings (SSSR count). The number of halogens is 1. The Hall–Kier alpha value is -6.80. The van der Waals surface area contributed by atoms with E-state index in [0.29, 0.717) is 34.3 Å². The monoisotopic (exact) mass is 888 g/mol. The van der Waals surface area contributed by atoms with E-state index in [0.717, 1.165) is 92.6 Å². The Balaban J connectivity index is 1.19. The highest BCUT2D eigenvalue weighted by molar-refractivity contribution is 6.32. The Morgan fingerprint density at radius 1 is 0.773 bits per heavy atom. The lowest BCUT2D eigenvalue weighted by Crippen LogP contribution is -2.68. The number of benzene rings is 6. The third-order valence-corrected chi connectivity index (χ3v) is 13.7. The van der Waals surface area contributed by atoms with Crippen molar-refractivity contribution in [2.45, 2.75) is 57.9 Å². The van der Waals surface area contributed by atoms with Gasteiger partial charge in [-0.2, -0.15) is 4.98 Å². The van der Waals surface area contributed by atoms with Crippen LogP contribution in [0.2, 0.25) is 5.15 Å². The Labute approximate surface area is 392 Å². The fraction of sp³-hybridized carbons (Fsp3) is 0.224. The SMILES string of the molecule is C=CC1C[N+]2(Cc3cc(-c4ccccc4)c(OC(C)(C)C)c(-c4ccccc4)c3)CCC1CC2[C@H](Oc1nc(-c2ccccc2)nc(Cl)c1-c1ccccc1)c1ccnc2ccc([O-])cc12. The number of rotatable bonds is 12. The van der Waals surface area contributed by atoms with E-state index < -0.39 is 11.7 Å². The van der Waals surface area contributed by atoms with E-state index in [-0.39, 0.29) is 11.8 Å². The number of quaternary nitrogens is 1. The van der Waals surface area contributed by atoms with Crippen LogP contribution in [-0.2, 0) is 6.54 Å². The molecule has 0 spiro atoms. The van der Waals surface area contributed by atoms with Crippen LogP contribution in [0.3, 0.4) is 0 Å². The summed E-state index contributed by atoms with van der Waals surface area (Å²) in [6.07, 6.45) is 5.35. The number of piperidine rings is 3. The van der Waals surface area contributed by atoms with Crippen LogP contribution in [0, 0.1) is 11.8 Å². The van der Waals surface area contributed by atoms with Gasteiger partial charge < -0.3 is 19.1 Å². The Kier molecular flexibility index (Phi) is 11.7. The topological polar surface area (TPSA) is 80.2 Å². The van der Waals surface area contributed by atoms with E-state index >= 15 is 0 Å². The first-order valence-electron chi connectivity index (χ1n) is 22.9. The van der Waals surface area contributed by atoms with Gasteiger partial charge in [0.1, 0.15) is 29.1 Å². The quantitative estimate of drug-likeness (QED) is 0.0691. The van der Waals surface area contributed by atoms with E-state index in [9.17, 15) is 5.11 Å². The maximum absolute atomic E-state index is 13.3. The maximum Gasteiger partial charge on any atom is 0.227 e. The number of hydrogen-bond acceptors (Lipinski definition) is 6. The average molecular weight is 890 g/mol. The van der Waals surface area contributed by atoms with Crippen LogP contribution in [0.25, 0.3) is 55.7 Å². The highest BCUT2D eigenvalue weighted by Crippen LogP contribution is 2.51. The molecule has 0 N–H and O–H groups in total. The summed E-state index contributed by atoms with van der Waals surface area (Å²) < 4.78 is 15.3. The van der Waals surface area contributed by atoms with Crippen LogP contribution in [0.5, 0.6) is 17.4 Å². The van der Waals surface area contributed by atoms with Gasteiger partial charge in [-0.1, -0.05) is 151 Å². The molecule has 2 bridgehead atoms. The number of hydrogen-bond donors (Lipinski definition) is 0. The van der Waals surface area contributed by atoms with Crippen molar-refractivity contribution in [3.63, 3.8) is 0 Å². The molecule has 3 aliphatic rings. The summed E-state index contributed by atoms with van der Waals surface area (Å²) in [6, 6.07) is 52.7. The van der Waals surface area contributed by atoms with E-state index in [2.05, 4.69) is 106 Å². The van der Waals surface area contributed by atoms with Crippen LogP contribution < -0.4 is 14.6 Å². The van der Waals surface area contributed by atoms with Gasteiger partial charge in [0.25, 0.3) is 0 Å². The second kappa shape index (κ2) is 17.9. The van der Waals surface area contributed by atoms with E-state index in [1.807, 2.05) is 79.0 Å². The van der Waals surface area contributed by atoms with Gasteiger partial charge in [0, 0.05) is 58.2 Å². The molecule has 3 saturated heterocycles. The third kappa shape index (κ3) is 8.57. The molecule has 330 valence electrons. The molecule has 0 aliphatic carbocycles. The lowest BCUT2D eigenvalue weighted by atomic mass is 9.71. The first-order valence-corrected chi connectivity index (χ1v) is 23.3. The summed E-state index contributed by atoms with van der Waals surface area (Å²) in [6.45, 7) is 13.3. The average Bonchev–Trinajstić information content (AvgIpc) is 3.34. The molecule has 0 saturated carbocycles. The van der Waals surface area contributed by atoms with Gasteiger partial charge in [0.2, 0.25) is 5.88 Å². The molecule has 6 aromatic carbocycles. The molecule has 5 atom stereocenters. The van der Waals surface area contributed by atoms with Crippen molar-refractivity contribution >= 4 is 22.5 Å². The minimum atomic E-state index is -0.575. The van der Waals surface area contributed by atoms with Crippen LogP contribution in [0.1, 0.15) is 50.8 Å². The predicted octanol–water partition coefficient (Wildman–Crippen LogP) is 13.3. The zero-order valence-corrected chi connectivity index (χ0v) is 38.4. The van der Waals surface area contributed by atoms with Crippen LogP contribution in [0.15, 0.2) is 177 Å². The maximum atomic E-state index is 13.3. The van der Waals surface area contributed by atoms with Gasteiger partial charge in [0.05, 0.1) is 24.2 Å². The number of fused-ring (bicyclic) bond motifs is 4. The number of nitrogens with zero attached hydrogens (tertiary/aromatic N) is 4. The van der Waals surface area contributed by atoms with Crippen molar-refractivity contribution in [1.82, 2.24) is 15.0 Å². The highest BCUT2D eigenvalue weighted by atomic mass is 35.5. The molecule has 8 aromatic rings. The van der Waals surface area contributed by atoms with Crippen molar-refractivity contribution in [3.05, 3.63) is 193 Å². The molecule has 5 heterocycles. The van der Waals surface area contributed by atoms with Gasteiger partial charge in [-0.3, -0.25) is 4.98 Å². The first-order chi connectivity index (χ1) is 32.1. The van der Waals surface area contributed by atoms with Crippen molar-refractivity contribution in [1.29, 1.82) is 0 Å². The molecular weight excluding hydrogens is 836 g/mol. The summed E-state index contributed by atoms with van der Waals surface area (Å²) in [7, 11) is 0. The number of ether oxygens (including phenoxy) is 2.